The molecule has 0 atom stereocenters. The zero-order valence-corrected chi connectivity index (χ0v) is 4.18. The summed E-state index contributed by atoms with van der Waals surface area (Å²) in [7, 11) is 0. The fourth-order valence-corrected chi connectivity index (χ4v) is 0. The van der Waals surface area contributed by atoms with Crippen LogP contribution < -0.4 is 0 Å². The first-order chi connectivity index (χ1) is 2.94. The second kappa shape index (κ2) is 1.40. The molecule has 0 bridgehead atoms. The smallest absolute Gasteiger partial charge is 0.260 e. The summed E-state index contributed by atoms with van der Waals surface area (Å²) in [5.74, 6) is 0. The fourth-order valence-electron chi connectivity index (χ4n) is 0. The second-order valence-electron chi connectivity index (χ2n) is 1.75. The highest BCUT2D eigenvalue weighted by Gasteiger charge is 2.31. The summed E-state index contributed by atoms with van der Waals surface area (Å²) in [5, 5.41) is 9.70. The van der Waals surface area contributed by atoms with Crippen LogP contribution in [0.2, 0.25) is 0 Å². The molecule has 3 nitrogen and oxygen atoms in total. The maximum atomic E-state index is 9.70. The normalized spacial score (nSPS) is 11.1. The van der Waals surface area contributed by atoms with Gasteiger partial charge in [0.05, 0.1) is 18.8 Å². The maximum absolute atomic E-state index is 9.70. The Bertz CT molecular complexity index is 82.2. The van der Waals surface area contributed by atoms with Gasteiger partial charge in [-0.25, -0.2) is 0 Å². The van der Waals surface area contributed by atoms with E-state index < -0.39 is 10.5 Å². The molecule has 0 aliphatic heterocycles. The molecule has 0 fully saturated rings. The van der Waals surface area contributed by atoms with Gasteiger partial charge in [-0.1, -0.05) is 0 Å². The van der Waals surface area contributed by atoms with Crippen molar-refractivity contribution >= 4 is 0 Å². The Balaban J connectivity index is 3.79. The Morgan fingerprint density at radius 3 is 2.14 bits per heavy atom. The average molecular weight is 101 g/mol. The average Bonchev–Trinajstić information content (AvgIpc) is 1.31. The van der Waals surface area contributed by atoms with E-state index in [1.54, 1.807) is 0 Å². The van der Waals surface area contributed by atoms with Crippen LogP contribution in [0.4, 0.5) is 0 Å². The lowest BCUT2D eigenvalue weighted by atomic mass is 10.1. The number of nitro groups is 1. The van der Waals surface area contributed by atoms with Crippen molar-refractivity contribution in [1.82, 2.24) is 0 Å². The molecular weight excluding hydrogens is 94.0 g/mol. The second-order valence-corrected chi connectivity index (χ2v) is 1.75. The van der Waals surface area contributed by atoms with Gasteiger partial charge in [0.15, 0.2) is 0 Å². The van der Waals surface area contributed by atoms with E-state index in [2.05, 4.69) is 13.8 Å². The lowest BCUT2D eigenvalue weighted by Crippen LogP contribution is -2.26. The van der Waals surface area contributed by atoms with Crippen LogP contribution in [-0.4, -0.2) is 10.5 Å². The molecule has 3 heteroatoms. The van der Waals surface area contributed by atoms with Crippen molar-refractivity contribution in [2.75, 3.05) is 0 Å². The van der Waals surface area contributed by atoms with Crippen molar-refractivity contribution in [3.8, 4) is 0 Å². The first-order valence-electron chi connectivity index (χ1n) is 1.80. The summed E-state index contributed by atoms with van der Waals surface area (Å²) in [6, 6.07) is 0. The molecule has 0 aromatic carbocycles. The van der Waals surface area contributed by atoms with Crippen LogP contribution in [-0.2, 0) is 0 Å². The van der Waals surface area contributed by atoms with Crippen molar-refractivity contribution in [2.45, 2.75) is 12.5 Å². The van der Waals surface area contributed by atoms with Gasteiger partial charge in [-0.3, -0.25) is 10.1 Å². The Morgan fingerprint density at radius 2 is 2.14 bits per heavy atom. The standard InChI is InChI=1S/C4H7NO2/c1-4(2,3)5(6)7/h1-2H2,3H3/q+1. The molecule has 0 aliphatic rings. The summed E-state index contributed by atoms with van der Waals surface area (Å²) in [6.45, 7) is 7.66. The van der Waals surface area contributed by atoms with Crippen LogP contribution in [0.5, 0.6) is 0 Å². The third kappa shape index (κ3) is 2.03. The molecule has 39 valence electrons. The van der Waals surface area contributed by atoms with Gasteiger partial charge in [0, 0.05) is 0 Å². The van der Waals surface area contributed by atoms with Gasteiger partial charge in [-0.2, -0.15) is 0 Å². The highest BCUT2D eigenvalue weighted by atomic mass is 16.6. The fraction of sp³-hybridized carbons (Fsp3) is 0.500. The summed E-state index contributed by atoms with van der Waals surface area (Å²) < 4.78 is 0. The van der Waals surface area contributed by atoms with E-state index in [-0.39, 0.29) is 0 Å². The van der Waals surface area contributed by atoms with Crippen LogP contribution >= 0.6 is 0 Å². The zero-order chi connectivity index (χ0) is 6.08. The number of nitrogens with zero attached hydrogens (tertiary/aromatic N) is 1. The molecule has 0 aliphatic carbocycles. The Morgan fingerprint density at radius 1 is 2.00 bits per heavy atom. The van der Waals surface area contributed by atoms with Crippen molar-refractivity contribution in [1.29, 1.82) is 0 Å². The summed E-state index contributed by atoms with van der Waals surface area (Å²) >= 11 is 0. The lowest BCUT2D eigenvalue weighted by Gasteiger charge is -1.97. The van der Waals surface area contributed by atoms with Gasteiger partial charge in [0.1, 0.15) is 6.92 Å². The van der Waals surface area contributed by atoms with E-state index in [4.69, 9.17) is 0 Å². The first kappa shape index (κ1) is 6.27. The molecule has 0 heterocycles. The van der Waals surface area contributed by atoms with Crippen LogP contribution in [0.1, 0.15) is 6.92 Å². The van der Waals surface area contributed by atoms with E-state index in [9.17, 15) is 10.1 Å². The molecule has 0 spiro atoms. The van der Waals surface area contributed by atoms with Gasteiger partial charge in [-0.15, -0.1) is 0 Å². The van der Waals surface area contributed by atoms with Crippen molar-refractivity contribution in [3.63, 3.8) is 0 Å². The van der Waals surface area contributed by atoms with Gasteiger partial charge < -0.3 is 0 Å². The largest absolute Gasteiger partial charge is 0.342 e. The number of rotatable bonds is 1. The minimum absolute atomic E-state index is 0.535. The molecule has 0 amide bonds. The predicted molar refractivity (Wildman–Crippen MR) is 26.1 cm³/mol. The molecule has 0 unspecified atom stereocenters. The van der Waals surface area contributed by atoms with Crippen LogP contribution in [0.3, 0.4) is 0 Å². The Kier molecular flexibility index (Phi) is 1.26. The molecule has 0 aromatic heterocycles. The van der Waals surface area contributed by atoms with E-state index in [1.165, 1.54) is 6.92 Å². The summed E-state index contributed by atoms with van der Waals surface area (Å²) in [6.07, 6.45) is 0. The van der Waals surface area contributed by atoms with Crippen molar-refractivity contribution in [2.24, 2.45) is 0 Å². The maximum Gasteiger partial charge on any atom is 0.342 e. The van der Waals surface area contributed by atoms with Crippen LogP contribution in [0.25, 0.3) is 0 Å². The first-order valence-corrected chi connectivity index (χ1v) is 1.80. The van der Waals surface area contributed by atoms with E-state index in [0.717, 1.165) is 0 Å². The van der Waals surface area contributed by atoms with Gasteiger partial charge in [0.2, 0.25) is 0 Å². The van der Waals surface area contributed by atoms with Crippen molar-refractivity contribution < 1.29 is 4.92 Å². The molecule has 0 N–H and O–H groups in total. The lowest BCUT2D eigenvalue weighted by molar-refractivity contribution is -0.538. The monoisotopic (exact) mass is 101 g/mol. The third-order valence-corrected chi connectivity index (χ3v) is 0.441. The Labute approximate surface area is 42.5 Å². The summed E-state index contributed by atoms with van der Waals surface area (Å²) in [5.41, 5.74) is -1.28. The summed E-state index contributed by atoms with van der Waals surface area (Å²) in [4.78, 5) is 9.17. The molecule has 0 saturated heterocycles. The quantitative estimate of drug-likeness (QED) is 0.277. The molecular formula is C4H7NO2+. The molecule has 0 aromatic rings. The van der Waals surface area contributed by atoms with Crippen LogP contribution in [0.15, 0.2) is 0 Å². The van der Waals surface area contributed by atoms with Gasteiger partial charge >= 0.3 is 5.54 Å². The SMILES string of the molecule is [CH2]C([CH2+])(C)[N+](=O)[O-]. The Hall–Kier alpha value is -0.730. The van der Waals surface area contributed by atoms with Gasteiger partial charge in [0.25, 0.3) is 0 Å². The minimum atomic E-state index is -1.28. The molecule has 7 heavy (non-hydrogen) atoms. The third-order valence-electron chi connectivity index (χ3n) is 0.441. The molecule has 1 radical (unpaired) electrons. The predicted octanol–water partition coefficient (Wildman–Crippen LogP) is 0.690. The molecule has 0 rings (SSSR count). The topological polar surface area (TPSA) is 43.1 Å². The van der Waals surface area contributed by atoms with Crippen LogP contribution in [0, 0.1) is 24.0 Å². The van der Waals surface area contributed by atoms with E-state index >= 15 is 0 Å². The van der Waals surface area contributed by atoms with Crippen molar-refractivity contribution in [3.05, 3.63) is 24.0 Å². The van der Waals surface area contributed by atoms with E-state index in [1.807, 2.05) is 0 Å². The zero-order valence-electron chi connectivity index (χ0n) is 4.18. The van der Waals surface area contributed by atoms with E-state index in [0.29, 0.717) is 0 Å². The van der Waals surface area contributed by atoms with Gasteiger partial charge in [-0.05, 0) is 0 Å². The number of hydrogen-bond acceptors (Lipinski definition) is 2. The highest BCUT2D eigenvalue weighted by molar-refractivity contribution is 4.77. The number of hydrogen-bond donors (Lipinski definition) is 0. The molecule has 0 saturated carbocycles. The minimum Gasteiger partial charge on any atom is -0.260 e. The highest BCUT2D eigenvalue weighted by Crippen LogP contribution is 2.01.